The van der Waals surface area contributed by atoms with Gasteiger partial charge in [-0.15, -0.1) is 0 Å². The number of para-hydroxylation sites is 1. The number of hydrogen-bond acceptors (Lipinski definition) is 1. The van der Waals surface area contributed by atoms with Crippen LogP contribution in [0.2, 0.25) is 5.02 Å². The predicted molar refractivity (Wildman–Crippen MR) is 104 cm³/mol. The molecule has 0 aliphatic carbocycles. The van der Waals surface area contributed by atoms with E-state index >= 15 is 0 Å². The molecular weight excluding hydrogens is 366 g/mol. The second kappa shape index (κ2) is 6.97. The summed E-state index contributed by atoms with van der Waals surface area (Å²) in [5.74, 6) is -0.611. The number of nitrogens with zero attached hydrogens (tertiary/aromatic N) is 2. The molecule has 0 N–H and O–H groups in total. The van der Waals surface area contributed by atoms with Crippen molar-refractivity contribution in [1.29, 1.82) is 0 Å². The molecule has 0 saturated heterocycles. The molecule has 0 amide bonds. The molecule has 1 aromatic heterocycles. The first-order valence-corrected chi connectivity index (χ1v) is 8.79. The van der Waals surface area contributed by atoms with Crippen LogP contribution >= 0.6 is 11.6 Å². The second-order valence-corrected chi connectivity index (χ2v) is 6.61. The molecule has 4 aromatic rings. The van der Waals surface area contributed by atoms with Crippen LogP contribution in [0.5, 0.6) is 0 Å². The fourth-order valence-corrected chi connectivity index (χ4v) is 3.34. The molecule has 0 aliphatic rings. The summed E-state index contributed by atoms with van der Waals surface area (Å²) in [7, 11) is 0. The van der Waals surface area contributed by atoms with E-state index in [0.29, 0.717) is 10.7 Å². The fraction of sp³-hybridized carbons (Fsp3) is 0.0455. The Balaban J connectivity index is 1.99. The van der Waals surface area contributed by atoms with Gasteiger partial charge in [-0.05, 0) is 67.6 Å². The fourth-order valence-electron chi connectivity index (χ4n) is 3.12. The summed E-state index contributed by atoms with van der Waals surface area (Å²) >= 11 is 6.40. The first-order chi connectivity index (χ1) is 13.0. The van der Waals surface area contributed by atoms with E-state index in [-0.39, 0.29) is 11.6 Å². The zero-order chi connectivity index (χ0) is 19.0. The minimum absolute atomic E-state index is 0.305. The summed E-state index contributed by atoms with van der Waals surface area (Å²) in [6.07, 6.45) is 0. The Morgan fingerprint density at radius 2 is 1.33 bits per heavy atom. The van der Waals surface area contributed by atoms with Crippen LogP contribution in [0.15, 0.2) is 72.8 Å². The van der Waals surface area contributed by atoms with Crippen LogP contribution < -0.4 is 0 Å². The third-order valence-electron chi connectivity index (χ3n) is 4.44. The van der Waals surface area contributed by atoms with Crippen molar-refractivity contribution in [1.82, 2.24) is 9.78 Å². The van der Waals surface area contributed by atoms with Crippen molar-refractivity contribution in [3.63, 3.8) is 0 Å². The van der Waals surface area contributed by atoms with Crippen LogP contribution in [0.1, 0.15) is 5.56 Å². The molecule has 2 nitrogen and oxygen atoms in total. The van der Waals surface area contributed by atoms with Crippen molar-refractivity contribution in [2.45, 2.75) is 6.92 Å². The zero-order valence-corrected chi connectivity index (χ0v) is 15.2. The maximum absolute atomic E-state index is 13.4. The number of benzene rings is 3. The zero-order valence-electron chi connectivity index (χ0n) is 14.5. The van der Waals surface area contributed by atoms with Gasteiger partial charge in [0.15, 0.2) is 0 Å². The molecule has 0 aliphatic heterocycles. The molecule has 4 rings (SSSR count). The van der Waals surface area contributed by atoms with Gasteiger partial charge in [-0.2, -0.15) is 5.10 Å². The maximum atomic E-state index is 13.4. The van der Waals surface area contributed by atoms with Crippen LogP contribution in [-0.2, 0) is 0 Å². The Morgan fingerprint density at radius 3 is 1.93 bits per heavy atom. The largest absolute Gasteiger partial charge is 0.231 e. The van der Waals surface area contributed by atoms with Crippen LogP contribution in [0.3, 0.4) is 0 Å². The molecule has 0 atom stereocenters. The van der Waals surface area contributed by atoms with Gasteiger partial charge in [-0.25, -0.2) is 13.5 Å². The standard InChI is InChI=1S/C22H15ClF2N2/c1-14-21(15-6-10-17(24)11-7-15)26-27(20-5-3-2-4-19(20)23)22(14)16-8-12-18(25)13-9-16/h2-13H,1H3. The van der Waals surface area contributed by atoms with Crippen molar-refractivity contribution in [2.24, 2.45) is 0 Å². The summed E-state index contributed by atoms with van der Waals surface area (Å²) in [5, 5.41) is 5.31. The Bertz CT molecular complexity index is 1100. The first kappa shape index (κ1) is 17.4. The summed E-state index contributed by atoms with van der Waals surface area (Å²) in [5.41, 5.74) is 4.75. The molecule has 3 aromatic carbocycles. The van der Waals surface area contributed by atoms with Crippen molar-refractivity contribution in [2.75, 3.05) is 0 Å². The molecule has 0 saturated carbocycles. The summed E-state index contributed by atoms with van der Waals surface area (Å²) in [6, 6.07) is 19.8. The molecule has 5 heteroatoms. The Morgan fingerprint density at radius 1 is 0.778 bits per heavy atom. The molecule has 0 unspecified atom stereocenters. The number of hydrogen-bond donors (Lipinski definition) is 0. The highest BCUT2D eigenvalue weighted by atomic mass is 35.5. The first-order valence-electron chi connectivity index (χ1n) is 8.41. The predicted octanol–water partition coefficient (Wildman–Crippen LogP) is 6.45. The van der Waals surface area contributed by atoms with E-state index in [2.05, 4.69) is 0 Å². The van der Waals surface area contributed by atoms with Gasteiger partial charge in [-0.3, -0.25) is 0 Å². The quantitative estimate of drug-likeness (QED) is 0.399. The molecule has 0 radical (unpaired) electrons. The minimum atomic E-state index is -0.307. The molecular formula is C22H15ClF2N2. The van der Waals surface area contributed by atoms with Crippen LogP contribution in [0, 0.1) is 18.6 Å². The van der Waals surface area contributed by atoms with Gasteiger partial charge in [0.2, 0.25) is 0 Å². The monoisotopic (exact) mass is 380 g/mol. The van der Waals surface area contributed by atoms with E-state index in [1.165, 1.54) is 24.3 Å². The lowest BCUT2D eigenvalue weighted by Gasteiger charge is -2.10. The lowest BCUT2D eigenvalue weighted by Crippen LogP contribution is -2.00. The summed E-state index contributed by atoms with van der Waals surface area (Å²) < 4.78 is 28.5. The molecule has 1 heterocycles. The molecule has 0 spiro atoms. The summed E-state index contributed by atoms with van der Waals surface area (Å²) in [6.45, 7) is 1.94. The number of aromatic nitrogens is 2. The SMILES string of the molecule is Cc1c(-c2ccc(F)cc2)nn(-c2ccccc2Cl)c1-c1ccc(F)cc1. The molecule has 0 fully saturated rings. The van der Waals surface area contributed by atoms with Gasteiger partial charge in [0.25, 0.3) is 0 Å². The smallest absolute Gasteiger partial charge is 0.123 e. The third-order valence-corrected chi connectivity index (χ3v) is 4.76. The number of halogens is 3. The van der Waals surface area contributed by atoms with Crippen LogP contribution in [0.25, 0.3) is 28.2 Å². The third kappa shape index (κ3) is 3.24. The second-order valence-electron chi connectivity index (χ2n) is 6.20. The van der Waals surface area contributed by atoms with Gasteiger partial charge < -0.3 is 0 Å². The van der Waals surface area contributed by atoms with E-state index in [9.17, 15) is 8.78 Å². The normalized spacial score (nSPS) is 11.0. The van der Waals surface area contributed by atoms with E-state index < -0.39 is 0 Å². The number of rotatable bonds is 3. The molecule has 27 heavy (non-hydrogen) atoms. The van der Waals surface area contributed by atoms with Gasteiger partial charge in [0, 0.05) is 16.7 Å². The maximum Gasteiger partial charge on any atom is 0.123 e. The topological polar surface area (TPSA) is 17.8 Å². The van der Waals surface area contributed by atoms with Gasteiger partial charge in [-0.1, -0.05) is 23.7 Å². The van der Waals surface area contributed by atoms with E-state index in [0.717, 1.165) is 28.1 Å². The molecule has 134 valence electrons. The van der Waals surface area contributed by atoms with Crippen molar-refractivity contribution < 1.29 is 8.78 Å². The summed E-state index contributed by atoms with van der Waals surface area (Å²) in [4.78, 5) is 0. The van der Waals surface area contributed by atoms with E-state index in [1.54, 1.807) is 35.0 Å². The highest BCUT2D eigenvalue weighted by molar-refractivity contribution is 6.32. The average Bonchev–Trinajstić information content (AvgIpc) is 3.00. The van der Waals surface area contributed by atoms with Gasteiger partial charge in [0.1, 0.15) is 11.6 Å². The average molecular weight is 381 g/mol. The van der Waals surface area contributed by atoms with Crippen LogP contribution in [0.4, 0.5) is 8.78 Å². The van der Waals surface area contributed by atoms with Crippen molar-refractivity contribution in [3.05, 3.63) is 95.0 Å². The highest BCUT2D eigenvalue weighted by Gasteiger charge is 2.20. The van der Waals surface area contributed by atoms with Crippen molar-refractivity contribution >= 4 is 11.6 Å². The molecule has 0 bridgehead atoms. The van der Waals surface area contributed by atoms with Gasteiger partial charge in [0.05, 0.1) is 22.1 Å². The lowest BCUT2D eigenvalue weighted by molar-refractivity contribution is 0.627. The Labute approximate surface area is 160 Å². The van der Waals surface area contributed by atoms with E-state index in [1.807, 2.05) is 25.1 Å². The van der Waals surface area contributed by atoms with Crippen LogP contribution in [-0.4, -0.2) is 9.78 Å². The Kier molecular flexibility index (Phi) is 4.50. The van der Waals surface area contributed by atoms with Gasteiger partial charge >= 0.3 is 0 Å². The van der Waals surface area contributed by atoms with E-state index in [4.69, 9.17) is 16.7 Å². The van der Waals surface area contributed by atoms with Crippen molar-refractivity contribution in [3.8, 4) is 28.2 Å². The highest BCUT2D eigenvalue weighted by Crippen LogP contribution is 2.35. The minimum Gasteiger partial charge on any atom is -0.231 e. The Hall–Kier alpha value is -2.98. The lowest BCUT2D eigenvalue weighted by atomic mass is 10.0.